The zero-order valence-corrected chi connectivity index (χ0v) is 24.6. The van der Waals surface area contributed by atoms with Crippen molar-refractivity contribution in [3.8, 4) is 0 Å². The molecule has 1 aromatic heterocycles. The second-order valence-corrected chi connectivity index (χ2v) is 12.4. The van der Waals surface area contributed by atoms with Crippen LogP contribution in [-0.4, -0.2) is 35.4 Å². The Hall–Kier alpha value is -2.13. The zero-order valence-electron chi connectivity index (χ0n) is 24.6. The zero-order chi connectivity index (χ0) is 27.6. The number of fused-ring (bicyclic) bond motifs is 3. The number of furan rings is 1. The van der Waals surface area contributed by atoms with E-state index in [1.807, 2.05) is 0 Å². The molecule has 0 saturated heterocycles. The molecule has 1 nitrogen and oxygen atoms in total. The van der Waals surface area contributed by atoms with Gasteiger partial charge in [-0.25, -0.2) is 0 Å². The molecule has 4 unspecified atom stereocenters. The summed E-state index contributed by atoms with van der Waals surface area (Å²) in [7, 11) is 0. The molecule has 0 radical (unpaired) electrons. The Morgan fingerprint density at radius 3 is 1.31 bits per heavy atom. The molecule has 0 aliphatic rings. The van der Waals surface area contributed by atoms with Gasteiger partial charge in [-0.3, -0.25) is 0 Å². The van der Waals surface area contributed by atoms with E-state index in [9.17, 15) is 0 Å². The van der Waals surface area contributed by atoms with E-state index in [1.54, 1.807) is 0 Å². The van der Waals surface area contributed by atoms with E-state index >= 15 is 0 Å². The van der Waals surface area contributed by atoms with Gasteiger partial charge >= 0.3 is 254 Å². The summed E-state index contributed by atoms with van der Waals surface area (Å²) in [6.07, 6.45) is 4.58. The van der Waals surface area contributed by atoms with Crippen LogP contribution in [0.1, 0.15) is 75.6 Å². The maximum absolute atomic E-state index is 6.40. The molecule has 0 saturated carbocycles. The van der Waals surface area contributed by atoms with Gasteiger partial charge in [0.05, 0.1) is 0 Å². The minimum atomic E-state index is -0.0683. The first-order chi connectivity index (χ1) is 18.8. The molecule has 5 rings (SSSR count). The van der Waals surface area contributed by atoms with Crippen molar-refractivity contribution in [2.45, 2.75) is 61.6 Å². The van der Waals surface area contributed by atoms with Gasteiger partial charge in [0.1, 0.15) is 0 Å². The van der Waals surface area contributed by atoms with Crippen LogP contribution in [0.4, 0.5) is 0 Å². The molecule has 0 fully saturated rings. The van der Waals surface area contributed by atoms with Crippen molar-refractivity contribution in [2.24, 2.45) is 11.8 Å². The summed E-state index contributed by atoms with van der Waals surface area (Å²) in [5.41, 5.74) is 7.41. The van der Waals surface area contributed by atoms with E-state index in [1.165, 1.54) is 45.9 Å². The topological polar surface area (TPSA) is 13.1 Å². The summed E-state index contributed by atoms with van der Waals surface area (Å²) in [4.78, 5) is 0. The molecule has 1 heterocycles. The molecular formula is C36H38Li2O. The van der Waals surface area contributed by atoms with Gasteiger partial charge in [0.15, 0.2) is 0 Å². The van der Waals surface area contributed by atoms with Crippen LogP contribution in [0.2, 0.25) is 0 Å². The fourth-order valence-electron chi connectivity index (χ4n) is 6.56. The van der Waals surface area contributed by atoms with Crippen LogP contribution < -0.4 is 0 Å². The summed E-state index contributed by atoms with van der Waals surface area (Å²) in [5, 5.41) is 2.43. The normalized spacial score (nSPS) is 16.6. The molecule has 190 valence electrons. The molecule has 4 aromatic carbocycles. The van der Waals surface area contributed by atoms with Crippen LogP contribution in [0.3, 0.4) is 0 Å². The Morgan fingerprint density at radius 1 is 0.564 bits per heavy atom. The summed E-state index contributed by atoms with van der Waals surface area (Å²) in [6, 6.07) is 35.9. The molecule has 0 aliphatic heterocycles. The van der Waals surface area contributed by atoms with Gasteiger partial charge in [-0.2, -0.15) is 0 Å². The standard InChI is InChI=1S/C36H38O.2Li/c1-5-25(3)21-31(27-13-9-7-10-14-27)29-17-19-35-33(23-29)34-24-30(18-20-36(34)37-35)32(22-26(4)6-2)28-15-11-8-12-16-28;;/h7-20,23-26H,5-6,21-22H2,1-4H3;;. The van der Waals surface area contributed by atoms with Crippen molar-refractivity contribution in [2.75, 3.05) is 0 Å². The monoisotopic (exact) mass is 500 g/mol. The Balaban J connectivity index is 1.68. The fourth-order valence-corrected chi connectivity index (χ4v) is 6.56. The second kappa shape index (κ2) is 11.8. The molecular weight excluding hydrogens is 462 g/mol. The summed E-state index contributed by atoms with van der Waals surface area (Å²) >= 11 is 4.84. The van der Waals surface area contributed by atoms with Crippen molar-refractivity contribution >= 4 is 57.4 Å². The van der Waals surface area contributed by atoms with Crippen LogP contribution >= 0.6 is 0 Å². The average molecular weight is 501 g/mol. The van der Waals surface area contributed by atoms with E-state index in [4.69, 9.17) is 4.42 Å². The van der Waals surface area contributed by atoms with Gasteiger partial charge in [0.2, 0.25) is 0 Å². The number of rotatable bonds is 10. The van der Waals surface area contributed by atoms with Crippen LogP contribution in [-0.2, 0) is 8.18 Å². The van der Waals surface area contributed by atoms with Gasteiger partial charge in [0.25, 0.3) is 0 Å². The molecule has 4 atom stereocenters. The molecule has 3 heteroatoms. The molecule has 0 aliphatic carbocycles. The van der Waals surface area contributed by atoms with Gasteiger partial charge in [0, 0.05) is 0 Å². The average Bonchev–Trinajstić information content (AvgIpc) is 3.35. The second-order valence-electron chi connectivity index (χ2n) is 12.4. The Labute approximate surface area is 253 Å². The minimum absolute atomic E-state index is 0.0683. The van der Waals surface area contributed by atoms with Gasteiger partial charge in [-0.1, -0.05) is 0 Å². The Morgan fingerprint density at radius 2 is 0.949 bits per heavy atom. The first-order valence-electron chi connectivity index (χ1n) is 14.9. The van der Waals surface area contributed by atoms with Crippen molar-refractivity contribution in [1.29, 1.82) is 0 Å². The van der Waals surface area contributed by atoms with Gasteiger partial charge in [-0.05, 0) is 0 Å². The first-order valence-corrected chi connectivity index (χ1v) is 14.9. The predicted molar refractivity (Wildman–Crippen MR) is 168 cm³/mol. The van der Waals surface area contributed by atoms with Gasteiger partial charge in [-0.15, -0.1) is 0 Å². The van der Waals surface area contributed by atoms with E-state index in [0.29, 0.717) is 11.8 Å². The summed E-state index contributed by atoms with van der Waals surface area (Å²) in [6.45, 7) is 9.35. The van der Waals surface area contributed by atoms with Crippen molar-refractivity contribution in [1.82, 2.24) is 0 Å². The van der Waals surface area contributed by atoms with E-state index in [0.717, 1.165) is 24.0 Å². The van der Waals surface area contributed by atoms with E-state index in [-0.39, 0.29) is 8.18 Å². The van der Waals surface area contributed by atoms with Crippen LogP contribution in [0.25, 0.3) is 21.9 Å². The van der Waals surface area contributed by atoms with Crippen molar-refractivity contribution < 1.29 is 4.42 Å². The molecule has 0 N–H and O–H groups in total. The van der Waals surface area contributed by atoms with E-state index in [2.05, 4.69) is 160 Å². The Bertz CT molecular complexity index is 1420. The molecule has 39 heavy (non-hydrogen) atoms. The third-order valence-electron chi connectivity index (χ3n) is 9.47. The van der Waals surface area contributed by atoms with Crippen molar-refractivity contribution in [3.63, 3.8) is 0 Å². The fraction of sp³-hybridized carbons (Fsp3) is 0.333. The molecule has 0 spiro atoms. The van der Waals surface area contributed by atoms with Gasteiger partial charge < -0.3 is 0 Å². The molecule has 5 aromatic rings. The van der Waals surface area contributed by atoms with Crippen LogP contribution in [0.5, 0.6) is 0 Å². The third-order valence-corrected chi connectivity index (χ3v) is 9.47. The SMILES string of the molecule is [Li][C](CC(C)CC)(c1ccccc1)c1ccc2oc3ccc([C]([Li])(CC(C)CC)c4ccccc4)cc3c2c1. The predicted octanol–water partition coefficient (Wildman–Crippen LogP) is 9.28. The van der Waals surface area contributed by atoms with E-state index < -0.39 is 0 Å². The summed E-state index contributed by atoms with van der Waals surface area (Å²) < 4.78 is 6.27. The third kappa shape index (κ3) is 5.58. The quantitative estimate of drug-likeness (QED) is 0.174. The maximum atomic E-state index is 6.40. The van der Waals surface area contributed by atoms with Crippen LogP contribution in [0.15, 0.2) is 101 Å². The van der Waals surface area contributed by atoms with Crippen molar-refractivity contribution in [3.05, 3.63) is 119 Å². The number of benzene rings is 4. The number of hydrogen-bond donors (Lipinski definition) is 0. The first kappa shape index (κ1) is 28.4. The molecule has 0 bridgehead atoms. The summed E-state index contributed by atoms with van der Waals surface area (Å²) in [5.74, 6) is 1.26. The molecule has 0 amide bonds. The number of hydrogen-bond acceptors (Lipinski definition) is 1. The Kier molecular flexibility index (Phi) is 8.58. The van der Waals surface area contributed by atoms with Crippen LogP contribution in [0, 0.1) is 11.8 Å².